The molecule has 1 aliphatic rings. The molecule has 2 aromatic carbocycles. The maximum absolute atomic E-state index is 11.8. The Morgan fingerprint density at radius 2 is 1.95 bits per heavy atom. The molecule has 4 heteroatoms. The summed E-state index contributed by atoms with van der Waals surface area (Å²) in [5, 5.41) is 2.92. The van der Waals surface area contributed by atoms with Crippen LogP contribution in [-0.4, -0.2) is 5.91 Å². The summed E-state index contributed by atoms with van der Waals surface area (Å²) >= 11 is 6.02. The average molecular weight is 287 g/mol. The SMILES string of the molecule is CC1(C)C(=O)NN/C1=C\c1cccc2cc(Cl)ccc12. The lowest BCUT2D eigenvalue weighted by molar-refractivity contribution is -0.125. The molecule has 0 aromatic heterocycles. The predicted octanol–water partition coefficient (Wildman–Crippen LogP) is 3.49. The number of benzene rings is 2. The first-order valence-corrected chi connectivity index (χ1v) is 6.83. The van der Waals surface area contributed by atoms with E-state index in [2.05, 4.69) is 10.9 Å². The summed E-state index contributed by atoms with van der Waals surface area (Å²) < 4.78 is 0. The third kappa shape index (κ3) is 2.04. The van der Waals surface area contributed by atoms with Crippen LogP contribution in [-0.2, 0) is 4.79 Å². The number of rotatable bonds is 1. The van der Waals surface area contributed by atoms with Crippen LogP contribution in [0, 0.1) is 5.41 Å². The minimum absolute atomic E-state index is 0.0213. The van der Waals surface area contributed by atoms with Crippen LogP contribution in [0.4, 0.5) is 0 Å². The highest BCUT2D eigenvalue weighted by molar-refractivity contribution is 6.31. The molecule has 0 unspecified atom stereocenters. The van der Waals surface area contributed by atoms with Crippen LogP contribution in [0.3, 0.4) is 0 Å². The Labute approximate surface area is 122 Å². The molecule has 0 atom stereocenters. The van der Waals surface area contributed by atoms with Crippen molar-refractivity contribution in [2.24, 2.45) is 5.41 Å². The van der Waals surface area contributed by atoms with E-state index in [0.29, 0.717) is 0 Å². The normalized spacial score (nSPS) is 19.1. The molecule has 0 bridgehead atoms. The van der Waals surface area contributed by atoms with E-state index in [-0.39, 0.29) is 5.91 Å². The first-order chi connectivity index (χ1) is 9.48. The van der Waals surface area contributed by atoms with Gasteiger partial charge in [-0.05, 0) is 48.4 Å². The van der Waals surface area contributed by atoms with E-state index in [1.165, 1.54) is 0 Å². The van der Waals surface area contributed by atoms with Gasteiger partial charge in [-0.1, -0.05) is 35.9 Å². The lowest BCUT2D eigenvalue weighted by Crippen LogP contribution is -2.28. The van der Waals surface area contributed by atoms with E-state index in [1.807, 2.05) is 56.3 Å². The highest BCUT2D eigenvalue weighted by Crippen LogP contribution is 2.31. The lowest BCUT2D eigenvalue weighted by Gasteiger charge is -2.14. The molecule has 1 amide bonds. The summed E-state index contributed by atoms with van der Waals surface area (Å²) in [5.74, 6) is -0.0213. The molecule has 0 saturated carbocycles. The Balaban J connectivity index is 2.14. The van der Waals surface area contributed by atoms with Gasteiger partial charge in [-0.3, -0.25) is 10.2 Å². The second-order valence-electron chi connectivity index (χ2n) is 5.47. The van der Waals surface area contributed by atoms with Crippen molar-refractivity contribution in [2.75, 3.05) is 0 Å². The van der Waals surface area contributed by atoms with E-state index in [1.54, 1.807) is 0 Å². The van der Waals surface area contributed by atoms with E-state index in [9.17, 15) is 4.79 Å². The molecule has 3 nitrogen and oxygen atoms in total. The van der Waals surface area contributed by atoms with E-state index in [0.717, 1.165) is 27.1 Å². The molecule has 0 aliphatic carbocycles. The summed E-state index contributed by atoms with van der Waals surface area (Å²) in [5.41, 5.74) is 7.00. The third-order valence-electron chi connectivity index (χ3n) is 3.73. The zero-order chi connectivity index (χ0) is 14.3. The van der Waals surface area contributed by atoms with Gasteiger partial charge in [0.05, 0.1) is 5.41 Å². The average Bonchev–Trinajstić information content (AvgIpc) is 2.65. The van der Waals surface area contributed by atoms with Crippen LogP contribution < -0.4 is 10.9 Å². The molecular formula is C16H15ClN2O. The summed E-state index contributed by atoms with van der Waals surface area (Å²) in [6.07, 6.45) is 2.01. The summed E-state index contributed by atoms with van der Waals surface area (Å²) in [6.45, 7) is 3.80. The molecule has 2 N–H and O–H groups in total. The molecular weight excluding hydrogens is 272 g/mol. The van der Waals surface area contributed by atoms with E-state index in [4.69, 9.17) is 11.6 Å². The number of hydrazine groups is 1. The summed E-state index contributed by atoms with van der Waals surface area (Å²) in [7, 11) is 0. The van der Waals surface area contributed by atoms with Gasteiger partial charge in [0.15, 0.2) is 0 Å². The number of carbonyl (C=O) groups is 1. The molecule has 0 radical (unpaired) electrons. The maximum atomic E-state index is 11.8. The van der Waals surface area contributed by atoms with Crippen molar-refractivity contribution in [3.8, 4) is 0 Å². The maximum Gasteiger partial charge on any atom is 0.249 e. The van der Waals surface area contributed by atoms with Gasteiger partial charge in [0.1, 0.15) is 0 Å². The van der Waals surface area contributed by atoms with Gasteiger partial charge in [0.25, 0.3) is 0 Å². The second-order valence-corrected chi connectivity index (χ2v) is 5.91. The zero-order valence-electron chi connectivity index (χ0n) is 11.3. The van der Waals surface area contributed by atoms with Crippen molar-refractivity contribution in [1.82, 2.24) is 10.9 Å². The smallest absolute Gasteiger partial charge is 0.249 e. The number of hydrogen-bond donors (Lipinski definition) is 2. The van der Waals surface area contributed by atoms with Gasteiger partial charge in [0, 0.05) is 10.7 Å². The zero-order valence-corrected chi connectivity index (χ0v) is 12.1. The molecule has 1 heterocycles. The Bertz CT molecular complexity index is 734. The van der Waals surface area contributed by atoms with Crippen LogP contribution in [0.1, 0.15) is 19.4 Å². The number of amides is 1. The van der Waals surface area contributed by atoms with Gasteiger partial charge in [-0.15, -0.1) is 0 Å². The Hall–Kier alpha value is -2.00. The van der Waals surface area contributed by atoms with E-state index < -0.39 is 5.41 Å². The Morgan fingerprint density at radius 1 is 1.15 bits per heavy atom. The van der Waals surface area contributed by atoms with Gasteiger partial charge >= 0.3 is 0 Å². The quantitative estimate of drug-likeness (QED) is 0.842. The fourth-order valence-electron chi connectivity index (χ4n) is 2.34. The van der Waals surface area contributed by atoms with Crippen LogP contribution in [0.15, 0.2) is 42.1 Å². The number of carbonyl (C=O) groups excluding carboxylic acids is 1. The van der Waals surface area contributed by atoms with Crippen LogP contribution in [0.5, 0.6) is 0 Å². The van der Waals surface area contributed by atoms with Gasteiger partial charge in [-0.2, -0.15) is 0 Å². The summed E-state index contributed by atoms with van der Waals surface area (Å²) in [6, 6.07) is 11.9. The third-order valence-corrected chi connectivity index (χ3v) is 3.96. The minimum atomic E-state index is -0.547. The molecule has 102 valence electrons. The molecule has 3 rings (SSSR count). The van der Waals surface area contributed by atoms with Gasteiger partial charge in [-0.25, -0.2) is 0 Å². The fourth-order valence-corrected chi connectivity index (χ4v) is 2.52. The standard InChI is InChI=1S/C16H15ClN2O/c1-16(2)14(18-19-15(16)20)9-11-5-3-4-10-8-12(17)6-7-13(10)11/h3-9,18H,1-2H3,(H,19,20)/b14-9-. The highest BCUT2D eigenvalue weighted by Gasteiger charge is 2.37. The van der Waals surface area contributed by atoms with Crippen molar-refractivity contribution in [2.45, 2.75) is 13.8 Å². The predicted molar refractivity (Wildman–Crippen MR) is 82.0 cm³/mol. The molecule has 0 spiro atoms. The van der Waals surface area contributed by atoms with Crippen LogP contribution in [0.2, 0.25) is 5.02 Å². The second kappa shape index (κ2) is 4.53. The van der Waals surface area contributed by atoms with Crippen molar-refractivity contribution in [3.05, 3.63) is 52.7 Å². The number of nitrogens with one attached hydrogen (secondary N) is 2. The van der Waals surface area contributed by atoms with Crippen LogP contribution in [0.25, 0.3) is 16.8 Å². The molecule has 1 saturated heterocycles. The monoisotopic (exact) mass is 286 g/mol. The van der Waals surface area contributed by atoms with Crippen molar-refractivity contribution in [1.29, 1.82) is 0 Å². The molecule has 20 heavy (non-hydrogen) atoms. The summed E-state index contributed by atoms with van der Waals surface area (Å²) in [4.78, 5) is 11.8. The molecule has 2 aromatic rings. The van der Waals surface area contributed by atoms with Crippen molar-refractivity contribution in [3.63, 3.8) is 0 Å². The first kappa shape index (κ1) is 13.0. The fraction of sp³-hybridized carbons (Fsp3) is 0.188. The van der Waals surface area contributed by atoms with Gasteiger partial charge in [0.2, 0.25) is 5.91 Å². The number of hydrogen-bond acceptors (Lipinski definition) is 2. The topological polar surface area (TPSA) is 41.1 Å². The highest BCUT2D eigenvalue weighted by atomic mass is 35.5. The Morgan fingerprint density at radius 3 is 2.65 bits per heavy atom. The first-order valence-electron chi connectivity index (χ1n) is 6.45. The number of fused-ring (bicyclic) bond motifs is 1. The number of halogens is 1. The van der Waals surface area contributed by atoms with Gasteiger partial charge < -0.3 is 5.43 Å². The van der Waals surface area contributed by atoms with E-state index >= 15 is 0 Å². The lowest BCUT2D eigenvalue weighted by atomic mass is 9.88. The Kier molecular flexibility index (Phi) is 2.94. The molecule has 1 fully saturated rings. The molecule has 1 aliphatic heterocycles. The van der Waals surface area contributed by atoms with Crippen molar-refractivity contribution >= 4 is 34.4 Å². The minimum Gasteiger partial charge on any atom is -0.302 e. The van der Waals surface area contributed by atoms with Crippen molar-refractivity contribution < 1.29 is 4.79 Å². The van der Waals surface area contributed by atoms with Crippen LogP contribution >= 0.6 is 11.6 Å². The largest absolute Gasteiger partial charge is 0.302 e.